The lowest BCUT2D eigenvalue weighted by molar-refractivity contribution is -0.147. The maximum atomic E-state index is 12.8. The maximum absolute atomic E-state index is 12.8. The number of carbonyl (C=O) groups is 2. The number of hydrogen-bond donors (Lipinski definition) is 1. The van der Waals surface area contributed by atoms with Crippen molar-refractivity contribution in [1.29, 1.82) is 0 Å². The van der Waals surface area contributed by atoms with Crippen LogP contribution in [0.15, 0.2) is 24.3 Å². The van der Waals surface area contributed by atoms with Gasteiger partial charge in [0.25, 0.3) is 0 Å². The third kappa shape index (κ3) is 5.45. The molecule has 0 aliphatic carbocycles. The third-order valence-corrected chi connectivity index (χ3v) is 4.16. The van der Waals surface area contributed by atoms with Gasteiger partial charge in [-0.25, -0.2) is 0 Å². The first-order valence-electron chi connectivity index (χ1n) is 7.95. The fourth-order valence-electron chi connectivity index (χ4n) is 2.79. The molecule has 25 heavy (non-hydrogen) atoms. The second kappa shape index (κ2) is 7.86. The quantitative estimate of drug-likeness (QED) is 0.878. The summed E-state index contributed by atoms with van der Waals surface area (Å²) in [6.07, 6.45) is -5.11. The van der Waals surface area contributed by atoms with Crippen LogP contribution in [0.25, 0.3) is 0 Å². The van der Waals surface area contributed by atoms with Gasteiger partial charge in [-0.3, -0.25) is 9.59 Å². The maximum Gasteiger partial charge on any atom is 0.416 e. The number of morpholine rings is 1. The summed E-state index contributed by atoms with van der Waals surface area (Å²) in [5.41, 5.74) is -0.296. The van der Waals surface area contributed by atoms with E-state index in [4.69, 9.17) is 9.84 Å². The Hall–Kier alpha value is -2.09. The molecule has 1 aliphatic heterocycles. The standard InChI is InChI=1S/C17H20F3NO4/c1-11(12-3-2-4-13(8-12)17(18,19)20)7-15(22)21-5-6-25-14(10-21)9-16(23)24/h2-4,8,11,14H,5-7,9-10H2,1H3,(H,23,24)/t11-,14+/m1/s1. The Bertz CT molecular complexity index is 633. The molecule has 1 amide bonds. The number of benzene rings is 1. The van der Waals surface area contributed by atoms with Gasteiger partial charge in [0.05, 0.1) is 24.7 Å². The lowest BCUT2D eigenvalue weighted by Gasteiger charge is -2.33. The monoisotopic (exact) mass is 359 g/mol. The molecule has 2 rings (SSSR count). The van der Waals surface area contributed by atoms with E-state index in [0.29, 0.717) is 12.1 Å². The molecule has 1 aromatic carbocycles. The van der Waals surface area contributed by atoms with E-state index in [1.54, 1.807) is 13.0 Å². The van der Waals surface area contributed by atoms with Crippen LogP contribution in [0.5, 0.6) is 0 Å². The summed E-state index contributed by atoms with van der Waals surface area (Å²) >= 11 is 0. The molecule has 138 valence electrons. The number of carboxylic acid groups (broad SMARTS) is 1. The summed E-state index contributed by atoms with van der Waals surface area (Å²) in [4.78, 5) is 24.7. The van der Waals surface area contributed by atoms with Crippen molar-refractivity contribution in [3.05, 3.63) is 35.4 Å². The number of carbonyl (C=O) groups excluding carboxylic acids is 1. The van der Waals surface area contributed by atoms with Crippen LogP contribution in [0.1, 0.15) is 36.8 Å². The minimum Gasteiger partial charge on any atom is -0.481 e. The molecular formula is C17H20F3NO4. The van der Waals surface area contributed by atoms with Crippen LogP contribution in [0.4, 0.5) is 13.2 Å². The molecule has 1 N–H and O–H groups in total. The molecule has 0 aromatic heterocycles. The van der Waals surface area contributed by atoms with E-state index in [2.05, 4.69) is 0 Å². The van der Waals surface area contributed by atoms with E-state index in [9.17, 15) is 22.8 Å². The molecule has 0 spiro atoms. The van der Waals surface area contributed by atoms with Crippen LogP contribution >= 0.6 is 0 Å². The molecule has 1 heterocycles. The smallest absolute Gasteiger partial charge is 0.416 e. The molecule has 0 bridgehead atoms. The molecular weight excluding hydrogens is 339 g/mol. The normalized spacial score (nSPS) is 19.5. The lowest BCUT2D eigenvalue weighted by Crippen LogP contribution is -2.46. The molecule has 0 unspecified atom stereocenters. The fraction of sp³-hybridized carbons (Fsp3) is 0.529. The number of alkyl halides is 3. The fourth-order valence-corrected chi connectivity index (χ4v) is 2.79. The zero-order chi connectivity index (χ0) is 18.6. The number of rotatable bonds is 5. The van der Waals surface area contributed by atoms with E-state index >= 15 is 0 Å². The van der Waals surface area contributed by atoms with Crippen molar-refractivity contribution in [3.63, 3.8) is 0 Å². The van der Waals surface area contributed by atoms with Crippen LogP contribution in [0.3, 0.4) is 0 Å². The summed E-state index contributed by atoms with van der Waals surface area (Å²) < 4.78 is 43.7. The van der Waals surface area contributed by atoms with Gasteiger partial charge in [0, 0.05) is 19.5 Å². The molecule has 5 nitrogen and oxygen atoms in total. The molecule has 1 aromatic rings. The Morgan fingerprint density at radius 1 is 1.40 bits per heavy atom. The number of hydrogen-bond acceptors (Lipinski definition) is 3. The summed E-state index contributed by atoms with van der Waals surface area (Å²) in [5, 5.41) is 8.80. The Labute approximate surface area is 143 Å². The van der Waals surface area contributed by atoms with Crippen molar-refractivity contribution >= 4 is 11.9 Å². The Balaban J connectivity index is 1.99. The van der Waals surface area contributed by atoms with Crippen LogP contribution < -0.4 is 0 Å². The Morgan fingerprint density at radius 3 is 2.76 bits per heavy atom. The second-order valence-corrected chi connectivity index (χ2v) is 6.16. The van der Waals surface area contributed by atoms with E-state index in [-0.39, 0.29) is 37.8 Å². The molecule has 1 saturated heterocycles. The molecule has 0 saturated carbocycles. The zero-order valence-corrected chi connectivity index (χ0v) is 13.8. The number of aliphatic carboxylic acids is 1. The highest BCUT2D eigenvalue weighted by molar-refractivity contribution is 5.77. The van der Waals surface area contributed by atoms with Crippen molar-refractivity contribution < 1.29 is 32.6 Å². The Morgan fingerprint density at radius 2 is 2.12 bits per heavy atom. The van der Waals surface area contributed by atoms with Gasteiger partial charge >= 0.3 is 12.1 Å². The van der Waals surface area contributed by atoms with Gasteiger partial charge in [-0.2, -0.15) is 13.2 Å². The van der Waals surface area contributed by atoms with Crippen LogP contribution in [-0.4, -0.2) is 47.7 Å². The molecule has 0 radical (unpaired) electrons. The minimum atomic E-state index is -4.42. The van der Waals surface area contributed by atoms with Crippen molar-refractivity contribution in [2.75, 3.05) is 19.7 Å². The van der Waals surface area contributed by atoms with Crippen molar-refractivity contribution in [2.24, 2.45) is 0 Å². The largest absolute Gasteiger partial charge is 0.481 e. The number of ether oxygens (including phenoxy) is 1. The van der Waals surface area contributed by atoms with E-state index < -0.39 is 23.8 Å². The molecule has 1 fully saturated rings. The lowest BCUT2D eigenvalue weighted by atomic mass is 9.95. The highest BCUT2D eigenvalue weighted by Gasteiger charge is 2.31. The highest BCUT2D eigenvalue weighted by Crippen LogP contribution is 2.32. The van der Waals surface area contributed by atoms with Gasteiger partial charge in [0.1, 0.15) is 0 Å². The van der Waals surface area contributed by atoms with Gasteiger partial charge in [0.15, 0.2) is 0 Å². The third-order valence-electron chi connectivity index (χ3n) is 4.16. The number of nitrogens with zero attached hydrogens (tertiary/aromatic N) is 1. The summed E-state index contributed by atoms with van der Waals surface area (Å²) in [6.45, 7) is 2.48. The Kier molecular flexibility index (Phi) is 6.05. The zero-order valence-electron chi connectivity index (χ0n) is 13.8. The molecule has 8 heteroatoms. The van der Waals surface area contributed by atoms with Crippen molar-refractivity contribution in [3.8, 4) is 0 Å². The van der Waals surface area contributed by atoms with Gasteiger partial charge in [-0.05, 0) is 17.5 Å². The number of carboxylic acids is 1. The average Bonchev–Trinajstić information content (AvgIpc) is 2.53. The van der Waals surface area contributed by atoms with E-state index in [1.165, 1.54) is 11.0 Å². The van der Waals surface area contributed by atoms with E-state index in [0.717, 1.165) is 12.1 Å². The predicted octanol–water partition coefficient (Wildman–Crippen LogP) is 2.90. The summed E-state index contributed by atoms with van der Waals surface area (Å²) in [7, 11) is 0. The van der Waals surface area contributed by atoms with Crippen molar-refractivity contribution in [2.45, 2.75) is 38.0 Å². The second-order valence-electron chi connectivity index (χ2n) is 6.16. The molecule has 2 atom stereocenters. The number of amides is 1. The first-order chi connectivity index (χ1) is 11.7. The van der Waals surface area contributed by atoms with Crippen LogP contribution in [0.2, 0.25) is 0 Å². The predicted molar refractivity (Wildman–Crippen MR) is 83.0 cm³/mol. The van der Waals surface area contributed by atoms with Gasteiger partial charge in [-0.1, -0.05) is 25.1 Å². The van der Waals surface area contributed by atoms with Crippen molar-refractivity contribution in [1.82, 2.24) is 4.90 Å². The summed E-state index contributed by atoms with van der Waals surface area (Å²) in [6, 6.07) is 4.96. The van der Waals surface area contributed by atoms with Gasteiger partial charge in [-0.15, -0.1) is 0 Å². The van der Waals surface area contributed by atoms with Gasteiger partial charge < -0.3 is 14.7 Å². The van der Waals surface area contributed by atoms with Crippen LogP contribution in [-0.2, 0) is 20.5 Å². The number of halogens is 3. The van der Waals surface area contributed by atoms with E-state index in [1.807, 2.05) is 0 Å². The minimum absolute atomic E-state index is 0.0566. The molecule has 1 aliphatic rings. The SMILES string of the molecule is C[C@H](CC(=O)N1CCO[C@@H](CC(=O)O)C1)c1cccc(C(F)(F)F)c1. The summed E-state index contributed by atoms with van der Waals surface area (Å²) in [5.74, 6) is -1.60. The van der Waals surface area contributed by atoms with Crippen LogP contribution in [0, 0.1) is 0 Å². The van der Waals surface area contributed by atoms with Gasteiger partial charge in [0.2, 0.25) is 5.91 Å². The first kappa shape index (κ1) is 19.2. The highest BCUT2D eigenvalue weighted by atomic mass is 19.4. The first-order valence-corrected chi connectivity index (χ1v) is 7.95. The topological polar surface area (TPSA) is 66.8 Å². The average molecular weight is 359 g/mol.